The molecule has 5 heteroatoms. The average Bonchev–Trinajstić information content (AvgIpc) is 2.34. The summed E-state index contributed by atoms with van der Waals surface area (Å²) in [4.78, 5) is 24.9. The van der Waals surface area contributed by atoms with Gasteiger partial charge >= 0.3 is 5.97 Å². The number of rotatable bonds is 6. The summed E-state index contributed by atoms with van der Waals surface area (Å²) in [6.07, 6.45) is 0. The van der Waals surface area contributed by atoms with Gasteiger partial charge in [-0.25, -0.2) is 4.79 Å². The van der Waals surface area contributed by atoms with Crippen LogP contribution in [0, 0.1) is 6.92 Å². The molecule has 0 saturated heterocycles. The third-order valence-electron chi connectivity index (χ3n) is 2.89. The number of likely N-dealkylation sites (N-methyl/N-ethyl adjacent to an activating group) is 1. The molecule has 1 amide bonds. The normalized spacial score (nSPS) is 10.4. The highest BCUT2D eigenvalue weighted by atomic mass is 16.4. The summed E-state index contributed by atoms with van der Waals surface area (Å²) >= 11 is 0. The molecule has 0 spiro atoms. The van der Waals surface area contributed by atoms with Crippen LogP contribution in [0.15, 0.2) is 18.2 Å². The Labute approximate surface area is 119 Å². The Morgan fingerprint density at radius 2 is 2.00 bits per heavy atom. The van der Waals surface area contributed by atoms with Crippen LogP contribution in [0.25, 0.3) is 0 Å². The first-order valence-electron chi connectivity index (χ1n) is 6.73. The van der Waals surface area contributed by atoms with Gasteiger partial charge in [0, 0.05) is 12.6 Å². The number of nitrogens with one attached hydrogen (secondary N) is 1. The molecule has 20 heavy (non-hydrogen) atoms. The minimum Gasteiger partial charge on any atom is -0.478 e. The zero-order valence-corrected chi connectivity index (χ0v) is 12.4. The lowest BCUT2D eigenvalue weighted by atomic mass is 10.1. The van der Waals surface area contributed by atoms with Gasteiger partial charge in [0.2, 0.25) is 5.91 Å². The van der Waals surface area contributed by atoms with Gasteiger partial charge in [0.15, 0.2) is 0 Å². The molecular weight excluding hydrogens is 256 g/mol. The molecule has 5 nitrogen and oxygen atoms in total. The number of aromatic carboxylic acids is 1. The van der Waals surface area contributed by atoms with Crippen LogP contribution in [0.3, 0.4) is 0 Å². The largest absolute Gasteiger partial charge is 0.478 e. The minimum absolute atomic E-state index is 0.0673. The lowest BCUT2D eigenvalue weighted by molar-refractivity contribution is -0.120. The summed E-state index contributed by atoms with van der Waals surface area (Å²) in [6.45, 7) is 8.30. The van der Waals surface area contributed by atoms with Crippen LogP contribution in [0.5, 0.6) is 0 Å². The number of carbonyl (C=O) groups is 2. The fourth-order valence-corrected chi connectivity index (χ4v) is 1.99. The molecule has 0 heterocycles. The summed E-state index contributed by atoms with van der Waals surface area (Å²) in [6, 6.07) is 5.21. The van der Waals surface area contributed by atoms with Crippen molar-refractivity contribution in [1.82, 2.24) is 5.32 Å². The molecule has 0 fully saturated rings. The lowest BCUT2D eigenvalue weighted by Gasteiger charge is -2.25. The van der Waals surface area contributed by atoms with Crippen LogP contribution < -0.4 is 10.2 Å². The molecule has 0 aliphatic rings. The maximum atomic E-state index is 11.9. The number of hydrogen-bond acceptors (Lipinski definition) is 3. The van der Waals surface area contributed by atoms with Crippen molar-refractivity contribution in [2.24, 2.45) is 0 Å². The van der Waals surface area contributed by atoms with Crippen LogP contribution in [-0.4, -0.2) is 36.1 Å². The number of carbonyl (C=O) groups excluding carboxylic acids is 1. The van der Waals surface area contributed by atoms with Gasteiger partial charge in [0.05, 0.1) is 17.8 Å². The summed E-state index contributed by atoms with van der Waals surface area (Å²) in [5.41, 5.74) is 1.77. The van der Waals surface area contributed by atoms with Crippen LogP contribution in [-0.2, 0) is 4.79 Å². The standard InChI is InChI=1S/C15H22N2O3/c1-5-17(9-14(18)16-10(2)3)13-8-11(4)6-7-12(13)15(19)20/h6-8,10H,5,9H2,1-4H3,(H,16,18)(H,19,20). The van der Waals surface area contributed by atoms with Gasteiger partial charge < -0.3 is 15.3 Å². The van der Waals surface area contributed by atoms with Gasteiger partial charge in [-0.15, -0.1) is 0 Å². The van der Waals surface area contributed by atoms with E-state index in [4.69, 9.17) is 0 Å². The highest BCUT2D eigenvalue weighted by molar-refractivity contribution is 5.95. The molecule has 0 saturated carbocycles. The fraction of sp³-hybridized carbons (Fsp3) is 0.467. The molecule has 0 bridgehead atoms. The SMILES string of the molecule is CCN(CC(=O)NC(C)C)c1cc(C)ccc1C(=O)O. The van der Waals surface area contributed by atoms with E-state index in [9.17, 15) is 14.7 Å². The monoisotopic (exact) mass is 278 g/mol. The molecule has 0 unspecified atom stereocenters. The van der Waals surface area contributed by atoms with E-state index in [1.165, 1.54) is 0 Å². The van der Waals surface area contributed by atoms with E-state index in [0.717, 1.165) is 5.56 Å². The van der Waals surface area contributed by atoms with E-state index in [1.807, 2.05) is 27.7 Å². The quantitative estimate of drug-likeness (QED) is 0.835. The van der Waals surface area contributed by atoms with Gasteiger partial charge in [-0.1, -0.05) is 6.07 Å². The molecule has 0 aromatic heterocycles. The predicted molar refractivity (Wildman–Crippen MR) is 79.3 cm³/mol. The summed E-state index contributed by atoms with van der Waals surface area (Å²) in [5.74, 6) is -1.09. The van der Waals surface area contributed by atoms with Crippen molar-refractivity contribution >= 4 is 17.6 Å². The highest BCUT2D eigenvalue weighted by Crippen LogP contribution is 2.22. The molecule has 0 aliphatic heterocycles. The maximum absolute atomic E-state index is 11.9. The first-order valence-corrected chi connectivity index (χ1v) is 6.73. The predicted octanol–water partition coefficient (Wildman–Crippen LogP) is 2.04. The van der Waals surface area contributed by atoms with Crippen molar-refractivity contribution in [1.29, 1.82) is 0 Å². The van der Waals surface area contributed by atoms with Gasteiger partial charge in [-0.3, -0.25) is 4.79 Å². The van der Waals surface area contributed by atoms with Gasteiger partial charge in [-0.05, 0) is 45.4 Å². The van der Waals surface area contributed by atoms with Crippen LogP contribution in [0.2, 0.25) is 0 Å². The zero-order valence-electron chi connectivity index (χ0n) is 12.4. The number of amides is 1. The topological polar surface area (TPSA) is 69.6 Å². The Morgan fingerprint density at radius 3 is 2.50 bits per heavy atom. The van der Waals surface area contributed by atoms with E-state index in [1.54, 1.807) is 23.1 Å². The molecular formula is C15H22N2O3. The van der Waals surface area contributed by atoms with Crippen LogP contribution in [0.1, 0.15) is 36.7 Å². The van der Waals surface area contributed by atoms with E-state index in [-0.39, 0.29) is 24.1 Å². The molecule has 0 aliphatic carbocycles. The first-order chi connectivity index (χ1) is 9.35. The molecule has 1 aromatic rings. The Balaban J connectivity index is 3.02. The van der Waals surface area contributed by atoms with E-state index in [0.29, 0.717) is 12.2 Å². The molecule has 110 valence electrons. The van der Waals surface area contributed by atoms with Crippen LogP contribution in [0.4, 0.5) is 5.69 Å². The molecule has 2 N–H and O–H groups in total. The average molecular weight is 278 g/mol. The minimum atomic E-state index is -0.984. The number of nitrogens with zero attached hydrogens (tertiary/aromatic N) is 1. The van der Waals surface area contributed by atoms with E-state index < -0.39 is 5.97 Å². The first kappa shape index (κ1) is 16.0. The van der Waals surface area contributed by atoms with Gasteiger partial charge in [0.1, 0.15) is 0 Å². The Morgan fingerprint density at radius 1 is 1.35 bits per heavy atom. The maximum Gasteiger partial charge on any atom is 0.337 e. The summed E-state index contributed by atoms with van der Waals surface area (Å²) in [5, 5.41) is 12.1. The Bertz CT molecular complexity index is 498. The van der Waals surface area contributed by atoms with Crippen molar-refractivity contribution in [3.63, 3.8) is 0 Å². The number of carboxylic acid groups (broad SMARTS) is 1. The van der Waals surface area contributed by atoms with Crippen molar-refractivity contribution in [3.8, 4) is 0 Å². The second-order valence-corrected chi connectivity index (χ2v) is 5.06. The zero-order chi connectivity index (χ0) is 15.3. The molecule has 0 atom stereocenters. The second kappa shape index (κ2) is 6.93. The summed E-state index contributed by atoms with van der Waals surface area (Å²) in [7, 11) is 0. The number of carboxylic acids is 1. The number of hydrogen-bond donors (Lipinski definition) is 2. The van der Waals surface area contributed by atoms with Gasteiger partial charge in [0.25, 0.3) is 0 Å². The van der Waals surface area contributed by atoms with Crippen LogP contribution >= 0.6 is 0 Å². The second-order valence-electron chi connectivity index (χ2n) is 5.06. The van der Waals surface area contributed by atoms with E-state index >= 15 is 0 Å². The third-order valence-corrected chi connectivity index (χ3v) is 2.89. The van der Waals surface area contributed by atoms with Crippen molar-refractivity contribution < 1.29 is 14.7 Å². The third kappa shape index (κ3) is 4.26. The fourth-order valence-electron chi connectivity index (χ4n) is 1.99. The van der Waals surface area contributed by atoms with Gasteiger partial charge in [-0.2, -0.15) is 0 Å². The van der Waals surface area contributed by atoms with E-state index in [2.05, 4.69) is 5.32 Å². The Kier molecular flexibility index (Phi) is 5.55. The number of aryl methyl sites for hydroxylation is 1. The van der Waals surface area contributed by atoms with Crippen molar-refractivity contribution in [3.05, 3.63) is 29.3 Å². The van der Waals surface area contributed by atoms with Crippen molar-refractivity contribution in [2.75, 3.05) is 18.0 Å². The van der Waals surface area contributed by atoms with Crippen molar-refractivity contribution in [2.45, 2.75) is 33.7 Å². The highest BCUT2D eigenvalue weighted by Gasteiger charge is 2.17. The smallest absolute Gasteiger partial charge is 0.337 e. The molecule has 1 rings (SSSR count). The number of benzene rings is 1. The lowest BCUT2D eigenvalue weighted by Crippen LogP contribution is -2.40. The summed E-state index contributed by atoms with van der Waals surface area (Å²) < 4.78 is 0. The molecule has 1 aromatic carbocycles. The number of anilines is 1. The molecule has 0 radical (unpaired) electrons. The Hall–Kier alpha value is -2.04.